The molecule has 0 aliphatic carbocycles. The largest absolute Gasteiger partial charge is 0.427 e. The van der Waals surface area contributed by atoms with E-state index in [9.17, 15) is 0 Å². The Kier molecular flexibility index (Phi) is 8.26. The van der Waals surface area contributed by atoms with Gasteiger partial charge in [-0.3, -0.25) is 0 Å². The van der Waals surface area contributed by atoms with Crippen LogP contribution in [0.15, 0.2) is 0 Å². The molecule has 0 saturated carbocycles. The van der Waals surface area contributed by atoms with Crippen molar-refractivity contribution >= 4 is 9.76 Å². The van der Waals surface area contributed by atoms with Gasteiger partial charge >= 0.3 is 0 Å². The molecule has 2 N–H and O–H groups in total. The summed E-state index contributed by atoms with van der Waals surface area (Å²) in [6.07, 6.45) is 3.78. The fourth-order valence-corrected chi connectivity index (χ4v) is 1.59. The zero-order valence-corrected chi connectivity index (χ0v) is 7.64. The predicted octanol–water partition coefficient (Wildman–Crippen LogP) is 0.264. The molecule has 0 aromatic carbocycles. The van der Waals surface area contributed by atoms with Crippen LogP contribution < -0.4 is 5.73 Å². The van der Waals surface area contributed by atoms with Crippen LogP contribution in [0.25, 0.3) is 0 Å². The molecule has 0 fully saturated rings. The van der Waals surface area contributed by atoms with Gasteiger partial charge in [0.15, 0.2) is 9.76 Å². The monoisotopic (exact) mass is 147 g/mol. The number of nitrogens with two attached hydrogens (primary N) is 1. The van der Waals surface area contributed by atoms with Gasteiger partial charge in [-0.25, -0.2) is 0 Å². The lowest BCUT2D eigenvalue weighted by atomic mass is 10.2. The van der Waals surface area contributed by atoms with E-state index in [-0.39, 0.29) is 9.76 Å². The smallest absolute Gasteiger partial charge is 0.161 e. The van der Waals surface area contributed by atoms with Gasteiger partial charge in [0.2, 0.25) is 0 Å². The molecule has 0 atom stereocenters. The second-order valence-electron chi connectivity index (χ2n) is 2.20. The Morgan fingerprint density at radius 3 is 2.67 bits per heavy atom. The van der Waals surface area contributed by atoms with Crippen LogP contribution in [0.5, 0.6) is 0 Å². The lowest BCUT2D eigenvalue weighted by Crippen LogP contribution is -1.98. The van der Waals surface area contributed by atoms with Crippen molar-refractivity contribution in [3.8, 4) is 0 Å². The van der Waals surface area contributed by atoms with E-state index in [1.807, 2.05) is 0 Å². The second kappa shape index (κ2) is 8.14. The molecular weight excluding hydrogens is 130 g/mol. The molecule has 0 unspecified atom stereocenters. The lowest BCUT2D eigenvalue weighted by Gasteiger charge is -1.96. The highest BCUT2D eigenvalue weighted by molar-refractivity contribution is 6.26. The van der Waals surface area contributed by atoms with Gasteiger partial charge in [0.1, 0.15) is 0 Å². The standard InChI is InChI=1S/C6H17NOSi/c1-8-9-6-4-2-3-5-7/h2-7,9H2,1H3. The first-order valence-electron chi connectivity index (χ1n) is 3.61. The zero-order valence-electron chi connectivity index (χ0n) is 6.23. The molecule has 56 valence electrons. The van der Waals surface area contributed by atoms with Crippen LogP contribution in [-0.4, -0.2) is 23.4 Å². The molecule has 3 heteroatoms. The highest BCUT2D eigenvalue weighted by Gasteiger charge is 1.87. The Morgan fingerprint density at radius 1 is 1.33 bits per heavy atom. The summed E-state index contributed by atoms with van der Waals surface area (Å²) in [5, 5.41) is 0. The summed E-state index contributed by atoms with van der Waals surface area (Å²) in [4.78, 5) is 0. The fraction of sp³-hybridized carbons (Fsp3) is 1.00. The average Bonchev–Trinajstić information content (AvgIpc) is 1.89. The van der Waals surface area contributed by atoms with Crippen LogP contribution in [0.4, 0.5) is 0 Å². The summed E-state index contributed by atoms with van der Waals surface area (Å²) in [6, 6.07) is 1.32. The van der Waals surface area contributed by atoms with Crippen LogP contribution in [0, 0.1) is 0 Å². The molecule has 2 nitrogen and oxygen atoms in total. The fourth-order valence-electron chi connectivity index (χ4n) is 0.744. The molecule has 0 aliphatic rings. The topological polar surface area (TPSA) is 35.2 Å². The van der Waals surface area contributed by atoms with E-state index in [0.717, 1.165) is 6.54 Å². The van der Waals surface area contributed by atoms with Crippen molar-refractivity contribution in [2.45, 2.75) is 25.3 Å². The lowest BCUT2D eigenvalue weighted by molar-refractivity contribution is 0.438. The van der Waals surface area contributed by atoms with Crippen molar-refractivity contribution in [1.29, 1.82) is 0 Å². The quantitative estimate of drug-likeness (QED) is 0.432. The molecule has 9 heavy (non-hydrogen) atoms. The zero-order chi connectivity index (χ0) is 6.95. The molecule has 0 aliphatic heterocycles. The van der Waals surface area contributed by atoms with E-state index >= 15 is 0 Å². The van der Waals surface area contributed by atoms with Crippen LogP contribution in [0.1, 0.15) is 19.3 Å². The van der Waals surface area contributed by atoms with E-state index in [1.165, 1.54) is 25.3 Å². The molecule has 0 bridgehead atoms. The molecule has 0 heterocycles. The first kappa shape index (κ1) is 9.14. The van der Waals surface area contributed by atoms with Crippen LogP contribution >= 0.6 is 0 Å². The van der Waals surface area contributed by atoms with Crippen molar-refractivity contribution in [2.24, 2.45) is 5.73 Å². The number of rotatable bonds is 6. The minimum absolute atomic E-state index is 0.147. The van der Waals surface area contributed by atoms with E-state index in [1.54, 1.807) is 7.11 Å². The normalized spacial score (nSPS) is 11.3. The Bertz CT molecular complexity index is 46.3. The number of unbranched alkanes of at least 4 members (excludes halogenated alkanes) is 2. The maximum absolute atomic E-state index is 5.32. The summed E-state index contributed by atoms with van der Waals surface area (Å²) >= 11 is 0. The maximum Gasteiger partial charge on any atom is 0.161 e. The Morgan fingerprint density at radius 2 is 2.11 bits per heavy atom. The van der Waals surface area contributed by atoms with Gasteiger partial charge in [-0.2, -0.15) is 0 Å². The molecule has 0 aromatic rings. The minimum Gasteiger partial charge on any atom is -0.427 e. The van der Waals surface area contributed by atoms with Gasteiger partial charge in [-0.05, 0) is 19.0 Å². The van der Waals surface area contributed by atoms with Crippen LogP contribution in [0.2, 0.25) is 6.04 Å². The van der Waals surface area contributed by atoms with Gasteiger partial charge in [0, 0.05) is 7.11 Å². The Balaban J connectivity index is 2.60. The van der Waals surface area contributed by atoms with Gasteiger partial charge in [0.25, 0.3) is 0 Å². The van der Waals surface area contributed by atoms with Gasteiger partial charge in [0.05, 0.1) is 0 Å². The first-order valence-corrected chi connectivity index (χ1v) is 5.18. The highest BCUT2D eigenvalue weighted by atomic mass is 28.2. The van der Waals surface area contributed by atoms with E-state index in [4.69, 9.17) is 10.2 Å². The summed E-state index contributed by atoms with van der Waals surface area (Å²) in [6.45, 7) is 0.842. The molecule has 0 spiro atoms. The van der Waals surface area contributed by atoms with Crippen molar-refractivity contribution in [3.05, 3.63) is 0 Å². The molecule has 0 radical (unpaired) electrons. The van der Waals surface area contributed by atoms with Crippen LogP contribution in [-0.2, 0) is 4.43 Å². The van der Waals surface area contributed by atoms with Crippen molar-refractivity contribution in [3.63, 3.8) is 0 Å². The van der Waals surface area contributed by atoms with Crippen molar-refractivity contribution in [2.75, 3.05) is 13.7 Å². The third kappa shape index (κ3) is 8.14. The number of hydrogen-bond acceptors (Lipinski definition) is 2. The summed E-state index contributed by atoms with van der Waals surface area (Å²) < 4.78 is 5.03. The molecular formula is C6H17NOSi. The van der Waals surface area contributed by atoms with Gasteiger partial charge < -0.3 is 10.2 Å². The average molecular weight is 147 g/mol. The Hall–Kier alpha value is 0.137. The van der Waals surface area contributed by atoms with Crippen LogP contribution in [0.3, 0.4) is 0 Å². The van der Waals surface area contributed by atoms with Crippen molar-refractivity contribution in [1.82, 2.24) is 0 Å². The summed E-state index contributed by atoms with van der Waals surface area (Å²) in [5.41, 5.74) is 5.32. The van der Waals surface area contributed by atoms with E-state index < -0.39 is 0 Å². The first-order chi connectivity index (χ1) is 4.41. The number of hydrogen-bond donors (Lipinski definition) is 1. The molecule has 0 aromatic heterocycles. The summed E-state index contributed by atoms with van der Waals surface area (Å²) in [7, 11) is 1.65. The highest BCUT2D eigenvalue weighted by Crippen LogP contribution is 1.97. The van der Waals surface area contributed by atoms with Gasteiger partial charge in [-0.15, -0.1) is 0 Å². The molecule has 0 amide bonds. The third-order valence-corrected chi connectivity index (χ3v) is 2.50. The predicted molar refractivity (Wildman–Crippen MR) is 43.3 cm³/mol. The maximum atomic E-state index is 5.32. The molecule has 0 saturated heterocycles. The van der Waals surface area contributed by atoms with E-state index in [0.29, 0.717) is 0 Å². The van der Waals surface area contributed by atoms with Gasteiger partial charge in [-0.1, -0.05) is 12.8 Å². The second-order valence-corrected chi connectivity index (χ2v) is 3.89. The Labute approximate surface area is 59.7 Å². The minimum atomic E-state index is -0.147. The molecule has 0 rings (SSSR count). The third-order valence-electron chi connectivity index (χ3n) is 1.30. The van der Waals surface area contributed by atoms with Crippen molar-refractivity contribution < 1.29 is 4.43 Å². The SMILES string of the molecule is CO[SiH2]CCCCCN. The van der Waals surface area contributed by atoms with E-state index in [2.05, 4.69) is 0 Å². The summed E-state index contributed by atoms with van der Waals surface area (Å²) in [5.74, 6) is 0.